The third-order valence-electron chi connectivity index (χ3n) is 4.07. The first-order valence-electron chi connectivity index (χ1n) is 7.95. The molecule has 0 spiro atoms. The number of nitrogens with zero attached hydrogens (tertiary/aromatic N) is 1. The summed E-state index contributed by atoms with van der Waals surface area (Å²) < 4.78 is 1.05. The zero-order chi connectivity index (χ0) is 15.2. The minimum Gasteiger partial charge on any atom is -0.315 e. The first-order valence-corrected chi connectivity index (χ1v) is 9.12. The van der Waals surface area contributed by atoms with Crippen LogP contribution in [0.1, 0.15) is 38.7 Å². The molecule has 1 aliphatic rings. The molecule has 1 saturated heterocycles. The van der Waals surface area contributed by atoms with Crippen LogP contribution in [0.5, 0.6) is 0 Å². The molecule has 0 radical (unpaired) electrons. The van der Waals surface area contributed by atoms with Gasteiger partial charge in [0.05, 0.1) is 0 Å². The fourth-order valence-corrected chi connectivity index (χ4v) is 3.64. The van der Waals surface area contributed by atoms with E-state index in [1.54, 1.807) is 0 Å². The van der Waals surface area contributed by atoms with Crippen molar-refractivity contribution in [2.45, 2.75) is 45.7 Å². The lowest BCUT2D eigenvalue weighted by molar-refractivity contribution is 0.137. The zero-order valence-electron chi connectivity index (χ0n) is 13.0. The Hall–Kier alpha value is -0.0900. The number of piperidine rings is 1. The Kier molecular flexibility index (Phi) is 7.00. The van der Waals surface area contributed by atoms with E-state index in [4.69, 9.17) is 11.6 Å². The second-order valence-corrected chi connectivity index (χ2v) is 7.73. The first-order chi connectivity index (χ1) is 10.1. The minimum absolute atomic E-state index is 0.636. The van der Waals surface area contributed by atoms with Crippen molar-refractivity contribution in [3.8, 4) is 0 Å². The predicted octanol–water partition coefficient (Wildman–Crippen LogP) is 4.70. The van der Waals surface area contributed by atoms with Crippen molar-refractivity contribution in [2.24, 2.45) is 5.92 Å². The van der Waals surface area contributed by atoms with Crippen LogP contribution in [0.4, 0.5) is 0 Å². The van der Waals surface area contributed by atoms with Crippen molar-refractivity contribution in [1.29, 1.82) is 0 Å². The van der Waals surface area contributed by atoms with Crippen molar-refractivity contribution >= 4 is 27.5 Å². The number of hydrogen-bond donors (Lipinski definition) is 1. The molecule has 0 aliphatic carbocycles. The summed E-state index contributed by atoms with van der Waals surface area (Å²) in [5.41, 5.74) is 1.23. The van der Waals surface area contributed by atoms with Crippen LogP contribution in [-0.4, -0.2) is 30.6 Å². The highest BCUT2D eigenvalue weighted by Gasteiger charge is 2.22. The molecule has 2 rings (SSSR count). The zero-order valence-corrected chi connectivity index (χ0v) is 15.4. The number of nitrogens with one attached hydrogen (secondary N) is 1. The van der Waals surface area contributed by atoms with Crippen LogP contribution >= 0.6 is 27.5 Å². The fourth-order valence-electron chi connectivity index (χ4n) is 2.91. The molecule has 0 bridgehead atoms. The maximum absolute atomic E-state index is 6.37. The van der Waals surface area contributed by atoms with Gasteiger partial charge in [0.25, 0.3) is 0 Å². The Balaban J connectivity index is 1.94. The summed E-state index contributed by atoms with van der Waals surface area (Å²) in [4.78, 5) is 2.59. The summed E-state index contributed by atoms with van der Waals surface area (Å²) >= 11 is 9.84. The molecule has 1 N–H and O–H groups in total. The highest BCUT2D eigenvalue weighted by atomic mass is 79.9. The maximum Gasteiger partial charge on any atom is 0.0462 e. The van der Waals surface area contributed by atoms with Gasteiger partial charge in [0.2, 0.25) is 0 Å². The highest BCUT2D eigenvalue weighted by Crippen LogP contribution is 2.25. The molecule has 118 valence electrons. The summed E-state index contributed by atoms with van der Waals surface area (Å²) in [5.74, 6) is 0.711. The van der Waals surface area contributed by atoms with Gasteiger partial charge in [-0.25, -0.2) is 0 Å². The van der Waals surface area contributed by atoms with Gasteiger partial charge < -0.3 is 5.32 Å². The van der Waals surface area contributed by atoms with Gasteiger partial charge in [-0.05, 0) is 49.5 Å². The molecule has 1 fully saturated rings. The summed E-state index contributed by atoms with van der Waals surface area (Å²) in [6, 6.07) is 6.85. The van der Waals surface area contributed by atoms with Crippen molar-refractivity contribution in [3.05, 3.63) is 33.3 Å². The summed E-state index contributed by atoms with van der Waals surface area (Å²) in [6.45, 7) is 8.84. The van der Waals surface area contributed by atoms with Crippen molar-refractivity contribution in [3.63, 3.8) is 0 Å². The first kappa shape index (κ1) is 17.3. The quantitative estimate of drug-likeness (QED) is 0.777. The summed E-state index contributed by atoms with van der Waals surface area (Å²) in [7, 11) is 0. The molecule has 1 heterocycles. The highest BCUT2D eigenvalue weighted by molar-refractivity contribution is 9.10. The molecule has 1 unspecified atom stereocenters. The van der Waals surface area contributed by atoms with Crippen LogP contribution in [0, 0.1) is 5.92 Å². The predicted molar refractivity (Wildman–Crippen MR) is 94.9 cm³/mol. The molecule has 21 heavy (non-hydrogen) atoms. The molecule has 2 nitrogen and oxygen atoms in total. The molecule has 0 amide bonds. The molecule has 1 aliphatic heterocycles. The van der Waals surface area contributed by atoms with Crippen LogP contribution in [0.15, 0.2) is 22.7 Å². The van der Waals surface area contributed by atoms with Gasteiger partial charge in [-0.15, -0.1) is 0 Å². The molecule has 1 aromatic carbocycles. The van der Waals surface area contributed by atoms with E-state index in [9.17, 15) is 0 Å². The number of halogens is 2. The van der Waals surface area contributed by atoms with E-state index >= 15 is 0 Å². The fraction of sp³-hybridized carbons (Fsp3) is 0.647. The topological polar surface area (TPSA) is 15.3 Å². The van der Waals surface area contributed by atoms with Gasteiger partial charge in [0.15, 0.2) is 0 Å². The average Bonchev–Trinajstić information content (AvgIpc) is 2.43. The van der Waals surface area contributed by atoms with Crippen molar-refractivity contribution in [2.75, 3.05) is 19.6 Å². The normalized spacial score (nSPS) is 20.1. The van der Waals surface area contributed by atoms with Gasteiger partial charge in [-0.3, -0.25) is 4.90 Å². The van der Waals surface area contributed by atoms with E-state index in [-0.39, 0.29) is 0 Å². The van der Waals surface area contributed by atoms with E-state index in [0.717, 1.165) is 29.1 Å². The smallest absolute Gasteiger partial charge is 0.0462 e. The monoisotopic (exact) mass is 372 g/mol. The van der Waals surface area contributed by atoms with Crippen LogP contribution in [0.2, 0.25) is 5.02 Å². The Morgan fingerprint density at radius 3 is 2.90 bits per heavy atom. The van der Waals surface area contributed by atoms with Crippen LogP contribution < -0.4 is 5.32 Å². The van der Waals surface area contributed by atoms with Gasteiger partial charge >= 0.3 is 0 Å². The van der Waals surface area contributed by atoms with Crippen LogP contribution in [0.25, 0.3) is 0 Å². The van der Waals surface area contributed by atoms with Crippen LogP contribution in [-0.2, 0) is 6.54 Å². The molecular formula is C17H26BrClN2. The Morgan fingerprint density at radius 2 is 2.19 bits per heavy atom. The van der Waals surface area contributed by atoms with Gasteiger partial charge in [0.1, 0.15) is 0 Å². The molecular weight excluding hydrogens is 348 g/mol. The van der Waals surface area contributed by atoms with Crippen molar-refractivity contribution in [1.82, 2.24) is 10.2 Å². The van der Waals surface area contributed by atoms with E-state index in [1.807, 2.05) is 6.07 Å². The van der Waals surface area contributed by atoms with Gasteiger partial charge in [-0.2, -0.15) is 0 Å². The molecule has 0 saturated carbocycles. The van der Waals surface area contributed by atoms with E-state index in [0.29, 0.717) is 12.0 Å². The Bertz CT molecular complexity index is 450. The van der Waals surface area contributed by atoms with E-state index in [1.165, 1.54) is 31.4 Å². The molecule has 1 atom stereocenters. The number of rotatable bonds is 6. The van der Waals surface area contributed by atoms with E-state index in [2.05, 4.69) is 52.1 Å². The SMILES string of the molecule is CC(C)CNCC1CCCCN1Cc1ccc(Br)cc1Cl. The molecule has 0 aromatic heterocycles. The second kappa shape index (κ2) is 8.52. The van der Waals surface area contributed by atoms with Crippen LogP contribution in [0.3, 0.4) is 0 Å². The Labute approximate surface area is 142 Å². The third kappa shape index (κ3) is 5.55. The standard InChI is InChI=1S/C17H26BrClN2/c1-13(2)10-20-11-16-5-3-4-8-21(16)12-14-6-7-15(18)9-17(14)19/h6-7,9,13,16,20H,3-5,8,10-12H2,1-2H3. The lowest BCUT2D eigenvalue weighted by Gasteiger charge is -2.36. The lowest BCUT2D eigenvalue weighted by atomic mass is 10.0. The Morgan fingerprint density at radius 1 is 1.38 bits per heavy atom. The number of hydrogen-bond acceptors (Lipinski definition) is 2. The lowest BCUT2D eigenvalue weighted by Crippen LogP contribution is -2.45. The van der Waals surface area contributed by atoms with Gasteiger partial charge in [-0.1, -0.05) is 53.9 Å². The average molecular weight is 374 g/mol. The second-order valence-electron chi connectivity index (χ2n) is 6.41. The maximum atomic E-state index is 6.37. The largest absolute Gasteiger partial charge is 0.315 e. The van der Waals surface area contributed by atoms with Gasteiger partial charge in [0, 0.05) is 28.6 Å². The number of likely N-dealkylation sites (tertiary alicyclic amines) is 1. The molecule has 1 aromatic rings. The third-order valence-corrected chi connectivity index (χ3v) is 4.92. The summed E-state index contributed by atoms with van der Waals surface area (Å²) in [5, 5.41) is 4.48. The minimum atomic E-state index is 0.636. The van der Waals surface area contributed by atoms with E-state index < -0.39 is 0 Å². The summed E-state index contributed by atoms with van der Waals surface area (Å²) in [6.07, 6.45) is 3.94. The number of benzene rings is 1. The molecule has 4 heteroatoms. The van der Waals surface area contributed by atoms with Crippen molar-refractivity contribution < 1.29 is 0 Å².